The Morgan fingerprint density at radius 3 is 2.56 bits per heavy atom. The monoisotopic (exact) mass is 395 g/mol. The van der Waals surface area contributed by atoms with Gasteiger partial charge in [-0.05, 0) is 34.6 Å². The first-order valence-electron chi connectivity index (χ1n) is 8.85. The quantitative estimate of drug-likeness (QED) is 0.618. The zero-order valence-corrected chi connectivity index (χ0v) is 16.1. The zero-order chi connectivity index (χ0) is 18.8. The molecule has 1 aliphatic rings. The third-order valence-corrected chi connectivity index (χ3v) is 6.16. The largest absolute Gasteiger partial charge is 0.296 e. The second-order valence-corrected chi connectivity index (χ2v) is 8.08. The summed E-state index contributed by atoms with van der Waals surface area (Å²) in [5.41, 5.74) is 3.95. The Bertz CT molecular complexity index is 980. The molecule has 1 atom stereocenters. The molecule has 1 saturated heterocycles. The van der Waals surface area contributed by atoms with Crippen molar-refractivity contribution < 1.29 is 9.59 Å². The van der Waals surface area contributed by atoms with Gasteiger partial charge in [-0.1, -0.05) is 60.1 Å². The molecule has 0 radical (unpaired) electrons. The Kier molecular flexibility index (Phi) is 5.10. The van der Waals surface area contributed by atoms with E-state index in [2.05, 4.69) is 47.1 Å². The summed E-state index contributed by atoms with van der Waals surface area (Å²) in [5.74, 6) is -0.866. The van der Waals surface area contributed by atoms with E-state index in [1.54, 1.807) is 11.3 Å². The molecule has 4 rings (SSSR count). The van der Waals surface area contributed by atoms with Crippen molar-refractivity contribution in [1.82, 2.24) is 5.32 Å². The van der Waals surface area contributed by atoms with Crippen molar-refractivity contribution in [2.45, 2.75) is 25.2 Å². The van der Waals surface area contributed by atoms with Crippen LogP contribution < -0.4 is 5.32 Å². The summed E-state index contributed by atoms with van der Waals surface area (Å²) in [7, 11) is 0. The second kappa shape index (κ2) is 7.67. The van der Waals surface area contributed by atoms with Crippen LogP contribution in [0.15, 0.2) is 60.0 Å². The third kappa shape index (κ3) is 3.82. The van der Waals surface area contributed by atoms with E-state index < -0.39 is 0 Å². The number of carbonyl (C=O) groups is 2. The first-order chi connectivity index (χ1) is 13.1. The van der Waals surface area contributed by atoms with Crippen LogP contribution in [0.3, 0.4) is 0 Å². The maximum Gasteiger partial charge on any atom is 0.234 e. The lowest BCUT2D eigenvalue weighted by Crippen LogP contribution is -2.39. The number of carbonyl (C=O) groups excluding carboxylic acids is 2. The number of rotatable bonds is 4. The molecule has 5 heteroatoms. The summed E-state index contributed by atoms with van der Waals surface area (Å²) in [5, 5.41) is 5.08. The van der Waals surface area contributed by atoms with Gasteiger partial charge >= 0.3 is 0 Å². The smallest absolute Gasteiger partial charge is 0.234 e. The number of piperidine rings is 1. The molecule has 27 heavy (non-hydrogen) atoms. The molecule has 0 aliphatic carbocycles. The summed E-state index contributed by atoms with van der Waals surface area (Å²) < 4.78 is 0. The highest BCUT2D eigenvalue weighted by Gasteiger charge is 2.30. The Balaban J connectivity index is 1.60. The highest BCUT2D eigenvalue weighted by atomic mass is 35.5. The SMILES string of the molecule is O=C1CCC(c2cccc(-c3ccc(Cc4cccs4)cc3)c2Cl)C(=O)N1. The molecular weight excluding hydrogens is 378 g/mol. The average molecular weight is 396 g/mol. The molecule has 3 nitrogen and oxygen atoms in total. The molecule has 2 aromatic carbocycles. The molecule has 1 aromatic heterocycles. The fourth-order valence-electron chi connectivity index (χ4n) is 3.45. The van der Waals surface area contributed by atoms with Crippen molar-refractivity contribution in [2.24, 2.45) is 0 Å². The number of nitrogens with one attached hydrogen (secondary N) is 1. The standard InChI is InChI=1S/C22H18ClNO2S/c23-21-17(4-1-5-18(21)19-10-11-20(25)24-22(19)26)15-8-6-14(7-9-15)13-16-3-2-12-27-16/h1-9,12,19H,10-11,13H2,(H,24,25,26). The van der Waals surface area contributed by atoms with E-state index in [9.17, 15) is 9.59 Å². The van der Waals surface area contributed by atoms with Gasteiger partial charge in [0.05, 0.1) is 10.9 Å². The first-order valence-corrected chi connectivity index (χ1v) is 10.1. The van der Waals surface area contributed by atoms with Crippen molar-refractivity contribution in [1.29, 1.82) is 0 Å². The summed E-state index contributed by atoms with van der Waals surface area (Å²) >= 11 is 8.43. The minimum absolute atomic E-state index is 0.218. The van der Waals surface area contributed by atoms with Gasteiger partial charge in [0.1, 0.15) is 0 Å². The third-order valence-electron chi connectivity index (χ3n) is 4.87. The topological polar surface area (TPSA) is 46.2 Å². The van der Waals surface area contributed by atoms with Crippen LogP contribution in [0.25, 0.3) is 11.1 Å². The molecule has 0 spiro atoms. The van der Waals surface area contributed by atoms with Crippen molar-refractivity contribution in [3.63, 3.8) is 0 Å². The number of hydrogen-bond acceptors (Lipinski definition) is 3. The fourth-order valence-corrected chi connectivity index (χ4v) is 4.55. The molecule has 2 heterocycles. The number of imide groups is 1. The Morgan fingerprint density at radius 2 is 1.85 bits per heavy atom. The van der Waals surface area contributed by atoms with Crippen molar-refractivity contribution in [3.05, 3.63) is 81.0 Å². The van der Waals surface area contributed by atoms with Crippen LogP contribution in [0, 0.1) is 0 Å². The highest BCUT2D eigenvalue weighted by molar-refractivity contribution is 7.09. The summed E-state index contributed by atoms with van der Waals surface area (Å²) in [6.45, 7) is 0. The van der Waals surface area contributed by atoms with Crippen LogP contribution >= 0.6 is 22.9 Å². The lowest BCUT2D eigenvalue weighted by Gasteiger charge is -2.23. The maximum atomic E-state index is 12.2. The van der Waals surface area contributed by atoms with Gasteiger partial charge in [0, 0.05) is 23.3 Å². The molecule has 1 N–H and O–H groups in total. The van der Waals surface area contributed by atoms with Gasteiger partial charge in [-0.25, -0.2) is 0 Å². The van der Waals surface area contributed by atoms with E-state index in [1.165, 1.54) is 10.4 Å². The summed E-state index contributed by atoms with van der Waals surface area (Å²) in [6, 6.07) is 18.3. The van der Waals surface area contributed by atoms with Crippen LogP contribution in [-0.2, 0) is 16.0 Å². The molecule has 0 bridgehead atoms. The van der Waals surface area contributed by atoms with E-state index in [0.717, 1.165) is 23.1 Å². The van der Waals surface area contributed by atoms with E-state index in [1.807, 2.05) is 18.2 Å². The predicted octanol–water partition coefficient (Wildman–Crippen LogP) is 5.18. The molecule has 136 valence electrons. The Morgan fingerprint density at radius 1 is 1.04 bits per heavy atom. The van der Waals surface area contributed by atoms with Crippen molar-refractivity contribution >= 4 is 34.8 Å². The van der Waals surface area contributed by atoms with E-state index in [-0.39, 0.29) is 17.7 Å². The summed E-state index contributed by atoms with van der Waals surface area (Å²) in [6.07, 6.45) is 1.75. The Hall–Kier alpha value is -2.43. The van der Waals surface area contributed by atoms with Gasteiger partial charge in [-0.2, -0.15) is 0 Å². The van der Waals surface area contributed by atoms with Gasteiger partial charge in [0.15, 0.2) is 0 Å². The van der Waals surface area contributed by atoms with E-state index >= 15 is 0 Å². The molecule has 2 amide bonds. The number of hydrogen-bond donors (Lipinski definition) is 1. The molecule has 0 saturated carbocycles. The van der Waals surface area contributed by atoms with Gasteiger partial charge < -0.3 is 0 Å². The summed E-state index contributed by atoms with van der Waals surface area (Å²) in [4.78, 5) is 25.0. The fraction of sp³-hybridized carbons (Fsp3) is 0.182. The number of thiophene rings is 1. The Labute approximate surface area is 167 Å². The van der Waals surface area contributed by atoms with Gasteiger partial charge in [-0.3, -0.25) is 14.9 Å². The number of halogens is 1. The van der Waals surface area contributed by atoms with Gasteiger partial charge in [-0.15, -0.1) is 11.3 Å². The molecule has 3 aromatic rings. The van der Waals surface area contributed by atoms with Crippen LogP contribution in [0.2, 0.25) is 5.02 Å². The molecular formula is C22H18ClNO2S. The second-order valence-electron chi connectivity index (χ2n) is 6.67. The average Bonchev–Trinajstić information content (AvgIpc) is 3.16. The first kappa shape index (κ1) is 18.0. The zero-order valence-electron chi connectivity index (χ0n) is 14.6. The van der Waals surface area contributed by atoms with Crippen LogP contribution in [0.1, 0.15) is 34.8 Å². The van der Waals surface area contributed by atoms with Crippen LogP contribution in [0.4, 0.5) is 0 Å². The predicted molar refractivity (Wildman–Crippen MR) is 109 cm³/mol. The minimum Gasteiger partial charge on any atom is -0.296 e. The molecule has 1 fully saturated rings. The maximum absolute atomic E-state index is 12.2. The van der Waals surface area contributed by atoms with E-state index in [4.69, 9.17) is 11.6 Å². The van der Waals surface area contributed by atoms with E-state index in [0.29, 0.717) is 17.9 Å². The van der Waals surface area contributed by atoms with Crippen molar-refractivity contribution in [3.8, 4) is 11.1 Å². The number of amides is 2. The van der Waals surface area contributed by atoms with Crippen LogP contribution in [-0.4, -0.2) is 11.8 Å². The normalized spacial score (nSPS) is 17.0. The van der Waals surface area contributed by atoms with Crippen molar-refractivity contribution in [2.75, 3.05) is 0 Å². The highest BCUT2D eigenvalue weighted by Crippen LogP contribution is 2.37. The lowest BCUT2D eigenvalue weighted by molar-refractivity contribution is -0.134. The lowest BCUT2D eigenvalue weighted by atomic mass is 9.88. The number of benzene rings is 2. The molecule has 1 unspecified atom stereocenters. The van der Waals surface area contributed by atoms with Crippen LogP contribution in [0.5, 0.6) is 0 Å². The molecule has 1 aliphatic heterocycles. The van der Waals surface area contributed by atoms with Gasteiger partial charge in [0.25, 0.3) is 0 Å². The minimum atomic E-state index is -0.381. The van der Waals surface area contributed by atoms with Gasteiger partial charge in [0.2, 0.25) is 11.8 Å².